The number of anilines is 3. The molecule has 0 spiro atoms. The highest BCUT2D eigenvalue weighted by Crippen LogP contribution is 2.42. The van der Waals surface area contributed by atoms with E-state index in [0.717, 1.165) is 94.3 Å². The molecule has 0 aliphatic rings. The van der Waals surface area contributed by atoms with Gasteiger partial charge in [0.25, 0.3) is 0 Å². The molecule has 5 heteroatoms. The van der Waals surface area contributed by atoms with Crippen molar-refractivity contribution >= 4 is 72.0 Å². The van der Waals surface area contributed by atoms with E-state index in [1.54, 1.807) is 0 Å². The SMILES string of the molecule is c1ccc(-c2ccc(N(c3ccc(-c4ccc5c(c4)oc4cc6oc(-c7ccccc7)nc6cc45)cc3)c3cccc(-c4cccc5oc6ccccc6c45)c3)cc2)cc1. The number of hydrogen-bond acceptors (Lipinski definition) is 5. The zero-order valence-electron chi connectivity index (χ0n) is 32.2. The Hall–Kier alpha value is -8.15. The van der Waals surface area contributed by atoms with Gasteiger partial charge < -0.3 is 18.2 Å². The summed E-state index contributed by atoms with van der Waals surface area (Å²) in [6, 6.07) is 71.9. The first-order chi connectivity index (χ1) is 29.7. The van der Waals surface area contributed by atoms with E-state index in [9.17, 15) is 0 Å². The van der Waals surface area contributed by atoms with E-state index in [4.69, 9.17) is 18.2 Å². The first-order valence-corrected chi connectivity index (χ1v) is 20.1. The molecule has 5 nitrogen and oxygen atoms in total. The highest BCUT2D eigenvalue weighted by Gasteiger charge is 2.18. The average Bonchev–Trinajstić information content (AvgIpc) is 4.02. The van der Waals surface area contributed by atoms with Crippen LogP contribution in [0.4, 0.5) is 17.1 Å². The minimum Gasteiger partial charge on any atom is -0.456 e. The van der Waals surface area contributed by atoms with Gasteiger partial charge in [-0.2, -0.15) is 0 Å². The van der Waals surface area contributed by atoms with E-state index >= 15 is 0 Å². The third-order valence-electron chi connectivity index (χ3n) is 11.5. The van der Waals surface area contributed by atoms with Crippen molar-refractivity contribution in [1.29, 1.82) is 0 Å². The van der Waals surface area contributed by atoms with Crippen molar-refractivity contribution in [2.24, 2.45) is 0 Å². The molecule has 0 amide bonds. The summed E-state index contributed by atoms with van der Waals surface area (Å²) in [6.07, 6.45) is 0. The Morgan fingerprint density at radius 1 is 0.317 bits per heavy atom. The van der Waals surface area contributed by atoms with Crippen LogP contribution in [0.2, 0.25) is 0 Å². The van der Waals surface area contributed by atoms with Gasteiger partial charge in [-0.15, -0.1) is 0 Å². The summed E-state index contributed by atoms with van der Waals surface area (Å²) in [5, 5.41) is 4.29. The van der Waals surface area contributed by atoms with Gasteiger partial charge in [0.2, 0.25) is 5.89 Å². The highest BCUT2D eigenvalue weighted by atomic mass is 16.4. The van der Waals surface area contributed by atoms with Crippen LogP contribution in [-0.2, 0) is 0 Å². The fourth-order valence-corrected chi connectivity index (χ4v) is 8.59. The third kappa shape index (κ3) is 5.75. The van der Waals surface area contributed by atoms with Gasteiger partial charge in [-0.1, -0.05) is 121 Å². The molecule has 0 saturated carbocycles. The smallest absolute Gasteiger partial charge is 0.227 e. The quantitative estimate of drug-likeness (QED) is 0.162. The molecular weight excluding hydrogens is 737 g/mol. The van der Waals surface area contributed by atoms with Crippen LogP contribution in [0, 0.1) is 0 Å². The summed E-state index contributed by atoms with van der Waals surface area (Å²) in [7, 11) is 0. The summed E-state index contributed by atoms with van der Waals surface area (Å²) in [6.45, 7) is 0. The Kier molecular flexibility index (Phi) is 7.78. The Labute approximate surface area is 345 Å². The molecule has 60 heavy (non-hydrogen) atoms. The standard InChI is InChI=1S/C55H34N2O3/c1-3-11-35(12-4-1)36-21-26-41(27-22-36)57(43-16-9-15-40(31-43)44-18-10-20-50-54(44)46-17-7-8-19-49(46)58-50)42-28-23-37(24-29-42)39-25-30-45-47-33-48-53(34-52(47)59-51(45)32-39)60-55(56-48)38-13-5-2-6-14-38/h1-34H. The number of hydrogen-bond donors (Lipinski definition) is 0. The van der Waals surface area contributed by atoms with E-state index in [1.807, 2.05) is 54.6 Å². The van der Waals surface area contributed by atoms with Gasteiger partial charge in [-0.3, -0.25) is 0 Å². The Morgan fingerprint density at radius 3 is 1.70 bits per heavy atom. The molecule has 0 bridgehead atoms. The van der Waals surface area contributed by atoms with Crippen molar-refractivity contribution in [3.8, 4) is 44.8 Å². The van der Waals surface area contributed by atoms with E-state index in [1.165, 1.54) is 11.1 Å². The minimum absolute atomic E-state index is 0.601. The van der Waals surface area contributed by atoms with E-state index in [0.29, 0.717) is 11.5 Å². The summed E-state index contributed by atoms with van der Waals surface area (Å²) >= 11 is 0. The molecular formula is C55H34N2O3. The molecule has 12 aromatic rings. The first kappa shape index (κ1) is 33.9. The molecule has 9 aromatic carbocycles. The van der Waals surface area contributed by atoms with Crippen molar-refractivity contribution in [2.45, 2.75) is 0 Å². The van der Waals surface area contributed by atoms with E-state index < -0.39 is 0 Å². The fraction of sp³-hybridized carbons (Fsp3) is 0. The number of fused-ring (bicyclic) bond motifs is 7. The van der Waals surface area contributed by atoms with Crippen molar-refractivity contribution in [3.05, 3.63) is 206 Å². The second kappa shape index (κ2) is 13.8. The monoisotopic (exact) mass is 770 g/mol. The number of benzene rings is 9. The van der Waals surface area contributed by atoms with Crippen LogP contribution in [0.3, 0.4) is 0 Å². The van der Waals surface area contributed by atoms with Crippen molar-refractivity contribution in [1.82, 2.24) is 4.98 Å². The molecule has 3 aromatic heterocycles. The number of oxazole rings is 1. The van der Waals surface area contributed by atoms with Gasteiger partial charge in [-0.05, 0) is 112 Å². The lowest BCUT2D eigenvalue weighted by molar-refractivity contribution is 0.617. The van der Waals surface area contributed by atoms with Crippen molar-refractivity contribution in [2.75, 3.05) is 4.90 Å². The van der Waals surface area contributed by atoms with Crippen molar-refractivity contribution < 1.29 is 13.3 Å². The summed E-state index contributed by atoms with van der Waals surface area (Å²) in [4.78, 5) is 7.12. The van der Waals surface area contributed by atoms with Crippen LogP contribution in [0.1, 0.15) is 0 Å². The maximum Gasteiger partial charge on any atom is 0.227 e. The van der Waals surface area contributed by atoms with Gasteiger partial charge in [0.1, 0.15) is 27.8 Å². The largest absolute Gasteiger partial charge is 0.456 e. The zero-order chi connectivity index (χ0) is 39.6. The Bertz CT molecular complexity index is 3530. The second-order valence-electron chi connectivity index (χ2n) is 15.1. The molecule has 3 heterocycles. The van der Waals surface area contributed by atoms with Crippen LogP contribution >= 0.6 is 0 Å². The molecule has 0 saturated heterocycles. The lowest BCUT2D eigenvalue weighted by atomic mass is 9.98. The van der Waals surface area contributed by atoms with Crippen molar-refractivity contribution in [3.63, 3.8) is 0 Å². The maximum atomic E-state index is 6.45. The molecule has 0 fully saturated rings. The second-order valence-corrected chi connectivity index (χ2v) is 15.1. The van der Waals surface area contributed by atoms with Crippen LogP contribution in [0.5, 0.6) is 0 Å². The summed E-state index contributed by atoms with van der Waals surface area (Å²) in [5.74, 6) is 0.601. The minimum atomic E-state index is 0.601. The molecule has 12 rings (SSSR count). The van der Waals surface area contributed by atoms with Gasteiger partial charge in [-0.25, -0.2) is 4.98 Å². The van der Waals surface area contributed by atoms with Gasteiger partial charge in [0.05, 0.1) is 0 Å². The summed E-state index contributed by atoms with van der Waals surface area (Å²) < 4.78 is 18.9. The van der Waals surface area contributed by atoms with Gasteiger partial charge in [0, 0.05) is 50.2 Å². The van der Waals surface area contributed by atoms with Crippen LogP contribution in [0.25, 0.3) is 99.8 Å². The molecule has 0 aliphatic carbocycles. The number of nitrogens with zero attached hydrogens (tertiary/aromatic N) is 2. The molecule has 0 atom stereocenters. The Balaban J connectivity index is 0.921. The van der Waals surface area contributed by atoms with Crippen LogP contribution in [-0.4, -0.2) is 4.98 Å². The lowest BCUT2D eigenvalue weighted by Crippen LogP contribution is -2.10. The topological polar surface area (TPSA) is 55.6 Å². The molecule has 0 aliphatic heterocycles. The van der Waals surface area contributed by atoms with Crippen LogP contribution in [0.15, 0.2) is 220 Å². The van der Waals surface area contributed by atoms with E-state index in [2.05, 4.69) is 157 Å². The normalized spacial score (nSPS) is 11.7. The van der Waals surface area contributed by atoms with Gasteiger partial charge in [0.15, 0.2) is 5.58 Å². The molecule has 0 radical (unpaired) electrons. The zero-order valence-corrected chi connectivity index (χ0v) is 32.2. The molecule has 0 unspecified atom stereocenters. The number of aromatic nitrogens is 1. The molecule has 282 valence electrons. The third-order valence-corrected chi connectivity index (χ3v) is 11.5. The van der Waals surface area contributed by atoms with E-state index in [-0.39, 0.29) is 0 Å². The highest BCUT2D eigenvalue weighted by molar-refractivity contribution is 6.13. The predicted molar refractivity (Wildman–Crippen MR) is 245 cm³/mol. The number of furan rings is 2. The number of rotatable bonds is 7. The Morgan fingerprint density at radius 2 is 0.917 bits per heavy atom. The predicted octanol–water partition coefficient (Wildman–Crippen LogP) is 15.8. The van der Waals surface area contributed by atoms with Gasteiger partial charge >= 0.3 is 0 Å². The maximum absolute atomic E-state index is 6.45. The van der Waals surface area contributed by atoms with Crippen LogP contribution < -0.4 is 4.90 Å². The summed E-state index contributed by atoms with van der Waals surface area (Å²) in [5.41, 5.74) is 15.8. The average molecular weight is 771 g/mol. The lowest BCUT2D eigenvalue weighted by Gasteiger charge is -2.26. The number of para-hydroxylation sites is 1. The first-order valence-electron chi connectivity index (χ1n) is 20.1. The molecule has 0 N–H and O–H groups in total. The fourth-order valence-electron chi connectivity index (χ4n) is 8.59.